The van der Waals surface area contributed by atoms with Crippen molar-refractivity contribution in [3.8, 4) is 11.5 Å². The highest BCUT2D eigenvalue weighted by Gasteiger charge is 2.49. The molecule has 13 nitrogen and oxygen atoms in total. The molecule has 3 aromatic rings. The van der Waals surface area contributed by atoms with Gasteiger partial charge in [0.05, 0.1) is 29.4 Å². The topological polar surface area (TPSA) is 190 Å². The number of aliphatic hydroxyl groups is 1. The van der Waals surface area contributed by atoms with Crippen LogP contribution in [-0.4, -0.2) is 88.9 Å². The SMILES string of the molecule is CO[C@@H]1[C@@H](NC(=O)C(F)(F)F)C[C@H](O[C@H]2CC(O)(COC(=O)NCc3ccccc3)Cc3c(O)c4c(c(O)c32)C(=O)c2ccccc2C4=O)O[C@@H]1C. The molecule has 2 amide bonds. The van der Waals surface area contributed by atoms with Crippen molar-refractivity contribution in [1.82, 2.24) is 10.6 Å². The first-order valence-corrected chi connectivity index (χ1v) is 16.3. The third-order valence-corrected chi connectivity index (χ3v) is 9.44. The summed E-state index contributed by atoms with van der Waals surface area (Å²) >= 11 is 0. The van der Waals surface area contributed by atoms with Crippen molar-refractivity contribution in [2.75, 3.05) is 13.7 Å². The van der Waals surface area contributed by atoms with Crippen molar-refractivity contribution in [3.05, 3.63) is 93.5 Å². The Bertz CT molecular complexity index is 1900. The molecule has 0 saturated carbocycles. The highest BCUT2D eigenvalue weighted by Crippen LogP contribution is 2.52. The number of ketones is 2. The summed E-state index contributed by atoms with van der Waals surface area (Å²) in [5.41, 5.74) is -2.65. The summed E-state index contributed by atoms with van der Waals surface area (Å²) in [5.74, 6) is -5.18. The van der Waals surface area contributed by atoms with Gasteiger partial charge in [-0.3, -0.25) is 14.4 Å². The van der Waals surface area contributed by atoms with Gasteiger partial charge in [0.2, 0.25) is 0 Å². The van der Waals surface area contributed by atoms with Gasteiger partial charge in [0.1, 0.15) is 29.8 Å². The Hall–Kier alpha value is -5.03. The van der Waals surface area contributed by atoms with Crippen LogP contribution in [-0.2, 0) is 36.7 Å². The zero-order valence-electron chi connectivity index (χ0n) is 27.9. The number of hydrogen-bond donors (Lipinski definition) is 5. The number of alkyl carbamates (subject to hydrolysis) is 1. The summed E-state index contributed by atoms with van der Waals surface area (Å²) in [7, 11) is 1.23. The molecule has 1 aliphatic heterocycles. The Kier molecular flexibility index (Phi) is 10.0. The fourth-order valence-corrected chi connectivity index (χ4v) is 7.06. The van der Waals surface area contributed by atoms with Gasteiger partial charge in [0, 0.05) is 55.2 Å². The Labute approximate surface area is 294 Å². The summed E-state index contributed by atoms with van der Waals surface area (Å²) in [6.07, 6.45) is -12.3. The molecule has 3 aromatic carbocycles. The quantitative estimate of drug-likeness (QED) is 0.166. The number of aromatic hydroxyl groups is 2. The molecule has 0 spiro atoms. The van der Waals surface area contributed by atoms with Gasteiger partial charge in [-0.15, -0.1) is 0 Å². The first-order chi connectivity index (χ1) is 24.6. The average molecular weight is 729 g/mol. The summed E-state index contributed by atoms with van der Waals surface area (Å²) < 4.78 is 62.3. The van der Waals surface area contributed by atoms with E-state index in [4.69, 9.17) is 18.9 Å². The van der Waals surface area contributed by atoms with Crippen molar-refractivity contribution in [3.63, 3.8) is 0 Å². The maximum Gasteiger partial charge on any atom is 0.471 e. The number of halogens is 3. The Balaban J connectivity index is 1.34. The largest absolute Gasteiger partial charge is 0.507 e. The van der Waals surface area contributed by atoms with E-state index in [1.165, 1.54) is 38.3 Å². The van der Waals surface area contributed by atoms with Crippen molar-refractivity contribution < 1.29 is 66.6 Å². The summed E-state index contributed by atoms with van der Waals surface area (Å²) in [4.78, 5) is 51.8. The van der Waals surface area contributed by atoms with Crippen molar-refractivity contribution >= 4 is 23.6 Å². The lowest BCUT2D eigenvalue weighted by Crippen LogP contribution is -2.58. The van der Waals surface area contributed by atoms with E-state index in [2.05, 4.69) is 5.32 Å². The number of methoxy groups -OCH3 is 1. The van der Waals surface area contributed by atoms with Crippen LogP contribution < -0.4 is 10.6 Å². The lowest BCUT2D eigenvalue weighted by molar-refractivity contribution is -0.255. The maximum atomic E-state index is 13.7. The first-order valence-electron chi connectivity index (χ1n) is 16.3. The number of ether oxygens (including phenoxy) is 4. The van der Waals surface area contributed by atoms with Crippen molar-refractivity contribution in [2.45, 2.75) is 75.2 Å². The second kappa shape index (κ2) is 14.2. The molecule has 52 heavy (non-hydrogen) atoms. The first kappa shape index (κ1) is 36.8. The number of rotatable bonds is 8. The predicted molar refractivity (Wildman–Crippen MR) is 173 cm³/mol. The normalized spacial score (nSPS) is 25.4. The Morgan fingerprint density at radius 3 is 2.21 bits per heavy atom. The average Bonchev–Trinajstić information content (AvgIpc) is 3.10. The molecule has 6 rings (SSSR count). The van der Waals surface area contributed by atoms with Crippen LogP contribution in [0.4, 0.5) is 18.0 Å². The lowest BCUT2D eigenvalue weighted by atomic mass is 9.73. The van der Waals surface area contributed by atoms with Gasteiger partial charge in [-0.05, 0) is 12.5 Å². The molecule has 0 radical (unpaired) electrons. The van der Waals surface area contributed by atoms with Crippen LogP contribution in [0.5, 0.6) is 11.5 Å². The van der Waals surface area contributed by atoms with E-state index < -0.39 is 114 Å². The lowest BCUT2D eigenvalue weighted by Gasteiger charge is -2.44. The number of amides is 2. The molecular formula is C36H35F3N2O11. The summed E-state index contributed by atoms with van der Waals surface area (Å²) in [6.45, 7) is 0.916. The maximum absolute atomic E-state index is 13.7. The second-order valence-corrected chi connectivity index (χ2v) is 13.0. The highest BCUT2D eigenvalue weighted by molar-refractivity contribution is 6.30. The van der Waals surface area contributed by atoms with Gasteiger partial charge in [0.15, 0.2) is 17.9 Å². The number of benzene rings is 3. The number of carbonyl (C=O) groups is 4. The number of fused-ring (bicyclic) bond motifs is 3. The zero-order valence-corrected chi connectivity index (χ0v) is 27.9. The van der Waals surface area contributed by atoms with E-state index in [0.29, 0.717) is 0 Å². The molecule has 1 saturated heterocycles. The van der Waals surface area contributed by atoms with Crippen LogP contribution in [0.3, 0.4) is 0 Å². The van der Waals surface area contributed by atoms with Crippen LogP contribution in [0, 0.1) is 0 Å². The van der Waals surface area contributed by atoms with E-state index in [-0.39, 0.29) is 28.8 Å². The number of alkyl halides is 3. The minimum Gasteiger partial charge on any atom is -0.507 e. The number of nitrogens with one attached hydrogen (secondary N) is 2. The van der Waals surface area contributed by atoms with E-state index in [9.17, 15) is 47.7 Å². The fraction of sp³-hybridized carbons (Fsp3) is 0.389. The van der Waals surface area contributed by atoms with Crippen LogP contribution in [0.15, 0.2) is 54.6 Å². The third-order valence-electron chi connectivity index (χ3n) is 9.44. The number of phenols is 2. The van der Waals surface area contributed by atoms with Crippen molar-refractivity contribution in [1.29, 1.82) is 0 Å². The molecule has 1 unspecified atom stereocenters. The molecule has 276 valence electrons. The van der Waals surface area contributed by atoms with E-state index in [0.717, 1.165) is 5.56 Å². The predicted octanol–water partition coefficient (Wildman–Crippen LogP) is 3.73. The van der Waals surface area contributed by atoms with Crippen LogP contribution in [0.1, 0.15) is 74.4 Å². The van der Waals surface area contributed by atoms with E-state index in [1.807, 2.05) is 5.32 Å². The number of hydrogen-bond acceptors (Lipinski definition) is 11. The van der Waals surface area contributed by atoms with Gasteiger partial charge in [-0.1, -0.05) is 54.6 Å². The second-order valence-electron chi connectivity index (χ2n) is 13.0. The van der Waals surface area contributed by atoms with Crippen LogP contribution >= 0.6 is 0 Å². The molecule has 1 heterocycles. The standard InChI is InChI=1S/C36H35F3N2O11/c1-17-32(49-2)22(41-33(46)36(37,38)39)12-24(51-17)52-23-14-35(48,16-50-34(47)40-15-18-8-4-3-5-9-18)13-21-25(23)31(45)27-26(30(21)44)28(42)19-10-6-7-11-20(19)29(27)43/h3-11,17,22-24,32,44-45,48H,12-16H2,1-2H3,(H,40,47)(H,41,46)/t17-,22+,23+,24+,32+,35?/m1/s1. The summed E-state index contributed by atoms with van der Waals surface area (Å²) in [5, 5.41) is 39.6. The van der Waals surface area contributed by atoms with Gasteiger partial charge in [0.25, 0.3) is 0 Å². The zero-order chi connectivity index (χ0) is 37.5. The molecule has 1 fully saturated rings. The van der Waals surface area contributed by atoms with E-state index in [1.54, 1.807) is 30.3 Å². The smallest absolute Gasteiger partial charge is 0.471 e. The molecule has 0 aromatic heterocycles. The Morgan fingerprint density at radius 1 is 0.981 bits per heavy atom. The van der Waals surface area contributed by atoms with Crippen LogP contribution in [0.2, 0.25) is 0 Å². The minimum absolute atomic E-state index is 0.0174. The molecule has 5 N–H and O–H groups in total. The van der Waals surface area contributed by atoms with Crippen LogP contribution in [0.25, 0.3) is 0 Å². The van der Waals surface area contributed by atoms with Gasteiger partial charge in [-0.2, -0.15) is 13.2 Å². The molecule has 2 aliphatic carbocycles. The summed E-state index contributed by atoms with van der Waals surface area (Å²) in [6, 6.07) is 13.5. The van der Waals surface area contributed by atoms with Gasteiger partial charge >= 0.3 is 18.2 Å². The minimum atomic E-state index is -5.20. The fourth-order valence-electron chi connectivity index (χ4n) is 7.06. The van der Waals surface area contributed by atoms with Crippen molar-refractivity contribution in [2.24, 2.45) is 0 Å². The molecule has 6 atom stereocenters. The van der Waals surface area contributed by atoms with Gasteiger partial charge < -0.3 is 44.9 Å². The third kappa shape index (κ3) is 7.06. The van der Waals surface area contributed by atoms with Gasteiger partial charge in [-0.25, -0.2) is 4.79 Å². The highest BCUT2D eigenvalue weighted by atomic mass is 19.4. The molecule has 16 heteroatoms. The number of carbonyl (C=O) groups excluding carboxylic acids is 4. The molecular weight excluding hydrogens is 693 g/mol. The van der Waals surface area contributed by atoms with E-state index >= 15 is 0 Å². The monoisotopic (exact) mass is 728 g/mol. The Morgan fingerprint density at radius 2 is 1.60 bits per heavy atom. The number of phenolic OH excluding ortho intramolecular Hbond substituents is 2. The molecule has 0 bridgehead atoms. The molecule has 3 aliphatic rings.